The van der Waals surface area contributed by atoms with Crippen LogP contribution in [0.4, 0.5) is 10.6 Å². The van der Waals surface area contributed by atoms with Gasteiger partial charge in [0.15, 0.2) is 5.82 Å². The number of amides is 3. The molecule has 0 radical (unpaired) electrons. The van der Waals surface area contributed by atoms with E-state index in [4.69, 9.17) is 0 Å². The molecular formula is C21H31N7O2. The van der Waals surface area contributed by atoms with E-state index in [2.05, 4.69) is 39.4 Å². The predicted molar refractivity (Wildman–Crippen MR) is 115 cm³/mol. The average molecular weight is 414 g/mol. The highest BCUT2D eigenvalue weighted by Crippen LogP contribution is 2.36. The molecule has 1 fully saturated rings. The lowest BCUT2D eigenvalue weighted by Gasteiger charge is -2.41. The number of aromatic amines is 1. The third kappa shape index (κ3) is 3.89. The second-order valence-electron chi connectivity index (χ2n) is 7.71. The number of likely N-dealkylation sites (N-methyl/N-ethyl adjacent to an activating group) is 1. The van der Waals surface area contributed by atoms with Crippen LogP contribution in [0.5, 0.6) is 0 Å². The first kappa shape index (κ1) is 21.8. The summed E-state index contributed by atoms with van der Waals surface area (Å²) in [6, 6.07) is 5.48. The van der Waals surface area contributed by atoms with Crippen LogP contribution in [0.25, 0.3) is 0 Å². The summed E-state index contributed by atoms with van der Waals surface area (Å²) >= 11 is 0. The van der Waals surface area contributed by atoms with Crippen molar-refractivity contribution in [1.82, 2.24) is 29.9 Å². The molecule has 2 aromatic heterocycles. The number of carbonyl (C=O) groups is 2. The van der Waals surface area contributed by atoms with Gasteiger partial charge in [-0.05, 0) is 32.5 Å². The van der Waals surface area contributed by atoms with Crippen molar-refractivity contribution in [2.75, 3.05) is 32.0 Å². The lowest BCUT2D eigenvalue weighted by atomic mass is 10.1. The normalized spacial score (nSPS) is 21.2. The summed E-state index contributed by atoms with van der Waals surface area (Å²) in [4.78, 5) is 35.8. The van der Waals surface area contributed by atoms with E-state index in [1.54, 1.807) is 24.4 Å². The van der Waals surface area contributed by atoms with Gasteiger partial charge >= 0.3 is 6.03 Å². The maximum atomic E-state index is 13.2. The molecule has 9 heteroatoms. The first-order valence-corrected chi connectivity index (χ1v) is 10.0. The van der Waals surface area contributed by atoms with Gasteiger partial charge in [0.05, 0.1) is 18.3 Å². The number of pyridine rings is 1. The Morgan fingerprint density at radius 1 is 1.30 bits per heavy atom. The number of anilines is 1. The summed E-state index contributed by atoms with van der Waals surface area (Å²) in [7, 11) is 2.11. The second-order valence-corrected chi connectivity index (χ2v) is 7.71. The highest BCUT2D eigenvalue weighted by Gasteiger charge is 2.38. The summed E-state index contributed by atoms with van der Waals surface area (Å²) in [6.07, 6.45) is 2.59. The zero-order valence-corrected chi connectivity index (χ0v) is 17.1. The van der Waals surface area contributed by atoms with Gasteiger partial charge in [-0.3, -0.25) is 19.8 Å². The van der Waals surface area contributed by atoms with Crippen molar-refractivity contribution in [3.63, 3.8) is 0 Å². The fourth-order valence-electron chi connectivity index (χ4n) is 4.09. The van der Waals surface area contributed by atoms with Crippen LogP contribution in [-0.2, 0) is 6.54 Å². The number of H-pyrrole nitrogens is 1. The highest BCUT2D eigenvalue weighted by molar-refractivity contribution is 6.02. The smallest absolute Gasteiger partial charge is 0.320 e. The number of nitrogens with zero attached hydrogens (tertiary/aromatic N) is 5. The zero-order valence-electron chi connectivity index (χ0n) is 17.1. The number of fused-ring (bicyclic) bond motifs is 1. The molecule has 30 heavy (non-hydrogen) atoms. The Balaban J connectivity index is 0.00000256. The summed E-state index contributed by atoms with van der Waals surface area (Å²) in [6.45, 7) is 6.91. The zero-order chi connectivity index (χ0) is 20.5. The van der Waals surface area contributed by atoms with Crippen LogP contribution in [-0.4, -0.2) is 74.5 Å². The first-order valence-electron chi connectivity index (χ1n) is 10.0. The quantitative estimate of drug-likeness (QED) is 0.806. The van der Waals surface area contributed by atoms with Gasteiger partial charge in [-0.1, -0.05) is 20.4 Å². The van der Waals surface area contributed by atoms with E-state index in [1.165, 1.54) is 0 Å². The Morgan fingerprint density at radius 3 is 2.80 bits per heavy atom. The van der Waals surface area contributed by atoms with Gasteiger partial charge < -0.3 is 15.1 Å². The van der Waals surface area contributed by atoms with Crippen molar-refractivity contribution in [2.45, 2.75) is 46.3 Å². The van der Waals surface area contributed by atoms with E-state index >= 15 is 0 Å². The molecule has 9 nitrogen and oxygen atoms in total. The van der Waals surface area contributed by atoms with Crippen molar-refractivity contribution in [3.05, 3.63) is 41.3 Å². The molecule has 4 rings (SSSR count). The molecular weight excluding hydrogens is 382 g/mol. The standard InChI is InChI=1S/C20H27N7O2.CH4/c1-4-14-11-26(10-9-25(14)3)20(29)27-12-15-17(13(27)2)23-24-18(15)22-19(28)16-7-5-6-8-21-16;/h5-8,13-14H,4,9-12H2,1-3H3,(H2,22,23,24,28);1H4. The van der Waals surface area contributed by atoms with Crippen LogP contribution in [0, 0.1) is 0 Å². The lowest BCUT2D eigenvalue weighted by Crippen LogP contribution is -2.55. The molecule has 2 aliphatic heterocycles. The van der Waals surface area contributed by atoms with Crippen molar-refractivity contribution in [1.29, 1.82) is 0 Å². The number of aromatic nitrogens is 3. The molecule has 2 N–H and O–H groups in total. The minimum Gasteiger partial charge on any atom is -0.322 e. The van der Waals surface area contributed by atoms with Gasteiger partial charge in [-0.15, -0.1) is 0 Å². The third-order valence-corrected chi connectivity index (χ3v) is 6.01. The van der Waals surface area contributed by atoms with Gasteiger partial charge in [-0.2, -0.15) is 5.10 Å². The van der Waals surface area contributed by atoms with Crippen LogP contribution in [0.15, 0.2) is 24.4 Å². The molecule has 1 saturated heterocycles. The molecule has 0 saturated carbocycles. The summed E-state index contributed by atoms with van der Waals surface area (Å²) in [5.41, 5.74) is 2.05. The monoisotopic (exact) mass is 413 g/mol. The molecule has 2 aliphatic rings. The van der Waals surface area contributed by atoms with E-state index in [9.17, 15) is 9.59 Å². The average Bonchev–Trinajstić information content (AvgIpc) is 3.29. The van der Waals surface area contributed by atoms with Gasteiger partial charge in [0.1, 0.15) is 5.69 Å². The number of piperazine rings is 1. The summed E-state index contributed by atoms with van der Waals surface area (Å²) in [5, 5.41) is 10.1. The minimum absolute atomic E-state index is 0. The van der Waals surface area contributed by atoms with Crippen molar-refractivity contribution in [2.24, 2.45) is 0 Å². The Hall–Kier alpha value is -2.94. The van der Waals surface area contributed by atoms with Gasteiger partial charge in [0.2, 0.25) is 0 Å². The number of rotatable bonds is 3. The number of carbonyl (C=O) groups excluding carboxylic acids is 2. The van der Waals surface area contributed by atoms with Crippen LogP contribution < -0.4 is 5.32 Å². The Labute approximate surface area is 177 Å². The SMILES string of the molecule is C.CCC1CN(C(=O)N2Cc3c(NC(=O)c4ccccn4)n[nH]c3C2C)CCN1C. The van der Waals surface area contributed by atoms with E-state index in [1.807, 2.05) is 16.7 Å². The van der Waals surface area contributed by atoms with Crippen LogP contribution in [0.3, 0.4) is 0 Å². The topological polar surface area (TPSA) is 97.5 Å². The van der Waals surface area contributed by atoms with Crippen molar-refractivity contribution in [3.8, 4) is 0 Å². The fourth-order valence-corrected chi connectivity index (χ4v) is 4.09. The Bertz CT molecular complexity index is 898. The van der Waals surface area contributed by atoms with E-state index < -0.39 is 0 Å². The molecule has 4 heterocycles. The van der Waals surface area contributed by atoms with Gasteiger partial charge in [-0.25, -0.2) is 4.79 Å². The maximum absolute atomic E-state index is 13.2. The predicted octanol–water partition coefficient (Wildman–Crippen LogP) is 2.72. The molecule has 0 bridgehead atoms. The van der Waals surface area contributed by atoms with E-state index in [-0.39, 0.29) is 25.4 Å². The maximum Gasteiger partial charge on any atom is 0.320 e. The molecule has 0 aliphatic carbocycles. The number of hydrogen-bond donors (Lipinski definition) is 2. The van der Waals surface area contributed by atoms with Crippen molar-refractivity contribution < 1.29 is 9.59 Å². The highest BCUT2D eigenvalue weighted by atomic mass is 16.2. The molecule has 2 atom stereocenters. The number of hydrogen-bond acceptors (Lipinski definition) is 5. The molecule has 2 aromatic rings. The van der Waals surface area contributed by atoms with Crippen LogP contribution in [0.2, 0.25) is 0 Å². The van der Waals surface area contributed by atoms with Gasteiger partial charge in [0, 0.05) is 37.4 Å². The molecule has 0 spiro atoms. The van der Waals surface area contributed by atoms with Gasteiger partial charge in [0.25, 0.3) is 5.91 Å². The first-order chi connectivity index (χ1) is 14.0. The second kappa shape index (κ2) is 8.83. The van der Waals surface area contributed by atoms with E-state index in [0.717, 1.165) is 37.3 Å². The molecule has 0 aromatic carbocycles. The number of nitrogens with one attached hydrogen (secondary N) is 2. The minimum atomic E-state index is -0.317. The third-order valence-electron chi connectivity index (χ3n) is 6.01. The van der Waals surface area contributed by atoms with Crippen LogP contribution in [0.1, 0.15) is 55.5 Å². The Morgan fingerprint density at radius 2 is 2.10 bits per heavy atom. The number of urea groups is 1. The van der Waals surface area contributed by atoms with E-state index in [0.29, 0.717) is 24.1 Å². The molecule has 2 unspecified atom stereocenters. The largest absolute Gasteiger partial charge is 0.322 e. The molecule has 162 valence electrons. The molecule has 3 amide bonds. The lowest BCUT2D eigenvalue weighted by molar-refractivity contribution is 0.0820. The Kier molecular flexibility index (Phi) is 6.40. The summed E-state index contributed by atoms with van der Waals surface area (Å²) < 4.78 is 0. The van der Waals surface area contributed by atoms with Crippen molar-refractivity contribution >= 4 is 17.8 Å². The summed E-state index contributed by atoms with van der Waals surface area (Å²) in [5.74, 6) is 0.143. The van der Waals surface area contributed by atoms with Crippen LogP contribution >= 0.6 is 0 Å². The fraction of sp³-hybridized carbons (Fsp3) is 0.524.